The molecule has 0 N–H and O–H groups in total. The van der Waals surface area contributed by atoms with Gasteiger partial charge in [-0.2, -0.15) is 0 Å². The monoisotopic (exact) mass is 555 g/mol. The highest BCUT2D eigenvalue weighted by molar-refractivity contribution is 9.10. The molecule has 2 heterocycles. The number of nitrogens with zero attached hydrogens (tertiary/aromatic N) is 3. The third-order valence-corrected chi connectivity index (χ3v) is 7.32. The smallest absolute Gasteiger partial charge is 0.255 e. The van der Waals surface area contributed by atoms with Crippen molar-refractivity contribution >= 4 is 33.4 Å². The van der Waals surface area contributed by atoms with Crippen molar-refractivity contribution in [3.63, 3.8) is 0 Å². The maximum atomic E-state index is 12.8. The molecule has 4 rings (SSSR count). The second-order valence-electron chi connectivity index (χ2n) is 9.26. The van der Waals surface area contributed by atoms with Gasteiger partial charge in [-0.1, -0.05) is 39.7 Å². The molecule has 0 atom stereocenters. The number of benzene rings is 2. The summed E-state index contributed by atoms with van der Waals surface area (Å²) in [6.45, 7) is 6.07. The molecule has 0 unspecified atom stereocenters. The average Bonchev–Trinajstić information content (AvgIpc) is 2.85. The molecular weight excluding hydrogens is 526 g/mol. The Morgan fingerprint density at radius 2 is 1.91 bits per heavy atom. The van der Waals surface area contributed by atoms with Crippen LogP contribution in [0.5, 0.6) is 5.75 Å². The Bertz CT molecular complexity index is 1150. The first-order chi connectivity index (χ1) is 16.9. The Hall–Kier alpha value is -2.41. The summed E-state index contributed by atoms with van der Waals surface area (Å²) in [5, 5.41) is 0.726. The Balaban J connectivity index is 1.30. The van der Waals surface area contributed by atoms with E-state index in [4.69, 9.17) is 16.3 Å². The molecule has 1 saturated heterocycles. The van der Waals surface area contributed by atoms with Gasteiger partial charge in [0.05, 0.1) is 5.56 Å². The summed E-state index contributed by atoms with van der Waals surface area (Å²) >= 11 is 9.60. The van der Waals surface area contributed by atoms with Crippen molar-refractivity contribution in [1.82, 2.24) is 14.8 Å². The van der Waals surface area contributed by atoms with Crippen LogP contribution in [0.2, 0.25) is 5.02 Å². The summed E-state index contributed by atoms with van der Waals surface area (Å²) in [5.41, 5.74) is 3.92. The predicted molar refractivity (Wildman–Crippen MR) is 144 cm³/mol. The molecule has 0 bridgehead atoms. The minimum absolute atomic E-state index is 0.0506. The maximum Gasteiger partial charge on any atom is 0.255 e. The van der Waals surface area contributed by atoms with Gasteiger partial charge in [-0.3, -0.25) is 14.7 Å². The lowest BCUT2D eigenvalue weighted by atomic mass is 9.95. The zero-order valence-corrected chi connectivity index (χ0v) is 22.6. The summed E-state index contributed by atoms with van der Waals surface area (Å²) in [6, 6.07) is 15.8. The van der Waals surface area contributed by atoms with Crippen molar-refractivity contribution in [3.8, 4) is 5.75 Å². The molecule has 0 radical (unpaired) electrons. The molecule has 5 nitrogen and oxygen atoms in total. The van der Waals surface area contributed by atoms with Crippen LogP contribution >= 0.6 is 27.5 Å². The molecule has 0 aliphatic carbocycles. The number of piperidine rings is 1. The first kappa shape index (κ1) is 25.7. The van der Waals surface area contributed by atoms with Crippen molar-refractivity contribution in [3.05, 3.63) is 92.7 Å². The van der Waals surface area contributed by atoms with Crippen LogP contribution in [0.25, 0.3) is 0 Å². The fraction of sp³-hybridized carbons (Fsp3) is 0.357. The minimum Gasteiger partial charge on any atom is -0.489 e. The van der Waals surface area contributed by atoms with Crippen molar-refractivity contribution in [2.24, 2.45) is 5.92 Å². The molecule has 0 saturated carbocycles. The zero-order chi connectivity index (χ0) is 24.8. The van der Waals surface area contributed by atoms with E-state index < -0.39 is 0 Å². The largest absolute Gasteiger partial charge is 0.489 e. The average molecular weight is 557 g/mol. The molecule has 1 fully saturated rings. The van der Waals surface area contributed by atoms with E-state index in [0.717, 1.165) is 65.4 Å². The highest BCUT2D eigenvalue weighted by Crippen LogP contribution is 2.28. The lowest BCUT2D eigenvalue weighted by molar-refractivity contribution is 0.0736. The molecule has 7 heteroatoms. The Kier molecular flexibility index (Phi) is 8.82. The fourth-order valence-electron chi connectivity index (χ4n) is 4.49. The van der Waals surface area contributed by atoms with E-state index in [1.165, 1.54) is 5.56 Å². The number of halogens is 2. The first-order valence-corrected chi connectivity index (χ1v) is 13.1. The number of aryl methyl sites for hydroxylation is 1. The topological polar surface area (TPSA) is 45.7 Å². The van der Waals surface area contributed by atoms with Gasteiger partial charge in [0, 0.05) is 47.6 Å². The van der Waals surface area contributed by atoms with Crippen LogP contribution in [0.3, 0.4) is 0 Å². The zero-order valence-electron chi connectivity index (χ0n) is 20.2. The Morgan fingerprint density at radius 3 is 2.63 bits per heavy atom. The van der Waals surface area contributed by atoms with Gasteiger partial charge in [-0.05, 0) is 86.3 Å². The second-order valence-corrected chi connectivity index (χ2v) is 10.6. The number of hydrogen-bond donors (Lipinski definition) is 0. The number of carbonyl (C=O) groups is 1. The van der Waals surface area contributed by atoms with Gasteiger partial charge >= 0.3 is 0 Å². The molecular formula is C28H31BrClN3O2. The fourth-order valence-corrected chi connectivity index (χ4v) is 5.02. The predicted octanol–water partition coefficient (Wildman–Crippen LogP) is 6.37. The Morgan fingerprint density at radius 1 is 1.17 bits per heavy atom. The van der Waals surface area contributed by atoms with E-state index in [-0.39, 0.29) is 5.91 Å². The van der Waals surface area contributed by atoms with Crippen LogP contribution in [0.1, 0.15) is 39.9 Å². The van der Waals surface area contributed by atoms with Crippen molar-refractivity contribution < 1.29 is 9.53 Å². The van der Waals surface area contributed by atoms with Crippen molar-refractivity contribution in [1.29, 1.82) is 0 Å². The van der Waals surface area contributed by atoms with Crippen LogP contribution in [0.4, 0.5) is 0 Å². The third kappa shape index (κ3) is 7.06. The normalized spacial score (nSPS) is 14.6. The number of pyridine rings is 1. The number of carbonyl (C=O) groups excluding carboxylic acids is 1. The van der Waals surface area contributed by atoms with E-state index in [1.54, 1.807) is 12.4 Å². The Labute approximate surface area is 221 Å². The molecule has 1 aromatic heterocycles. The van der Waals surface area contributed by atoms with Crippen LogP contribution < -0.4 is 4.74 Å². The number of ether oxygens (including phenoxy) is 1. The SMILES string of the molecule is Cc1ccncc1C(=O)N(C)CC1CCN(Cc2cc(Br)ccc2OCc2ccc(Cl)cc2)CC1. The molecule has 0 spiro atoms. The van der Waals surface area contributed by atoms with E-state index in [2.05, 4.69) is 31.9 Å². The molecule has 35 heavy (non-hydrogen) atoms. The molecule has 1 aliphatic rings. The van der Waals surface area contributed by atoms with Crippen molar-refractivity contribution in [2.45, 2.75) is 32.9 Å². The van der Waals surface area contributed by atoms with Crippen LogP contribution in [0, 0.1) is 12.8 Å². The third-order valence-electron chi connectivity index (χ3n) is 6.58. The summed E-state index contributed by atoms with van der Waals surface area (Å²) in [6.07, 6.45) is 5.53. The molecule has 184 valence electrons. The number of amides is 1. The summed E-state index contributed by atoms with van der Waals surface area (Å²) in [7, 11) is 1.90. The molecule has 1 aliphatic heterocycles. The van der Waals surface area contributed by atoms with E-state index in [1.807, 2.05) is 61.3 Å². The lowest BCUT2D eigenvalue weighted by Gasteiger charge is -2.34. The highest BCUT2D eigenvalue weighted by atomic mass is 79.9. The van der Waals surface area contributed by atoms with Gasteiger partial charge in [-0.25, -0.2) is 0 Å². The molecule has 1 amide bonds. The summed E-state index contributed by atoms with van der Waals surface area (Å²) < 4.78 is 7.22. The van der Waals surface area contributed by atoms with Gasteiger partial charge in [0.25, 0.3) is 5.91 Å². The quantitative estimate of drug-likeness (QED) is 0.323. The van der Waals surface area contributed by atoms with Crippen LogP contribution in [0.15, 0.2) is 65.4 Å². The van der Waals surface area contributed by atoms with Gasteiger partial charge < -0.3 is 9.64 Å². The number of rotatable bonds is 8. The number of aromatic nitrogens is 1. The second kappa shape index (κ2) is 12.0. The number of hydrogen-bond acceptors (Lipinski definition) is 4. The molecule has 3 aromatic rings. The maximum absolute atomic E-state index is 12.8. The van der Waals surface area contributed by atoms with Crippen molar-refractivity contribution in [2.75, 3.05) is 26.7 Å². The van der Waals surface area contributed by atoms with Crippen LogP contribution in [-0.2, 0) is 13.2 Å². The standard InChI is InChI=1S/C28H31BrClN3O2/c1-20-9-12-31-16-26(20)28(34)32(2)17-21-10-13-33(14-11-21)18-23-15-24(29)5-8-27(23)35-19-22-3-6-25(30)7-4-22/h3-9,12,15-16,21H,10-11,13-14,17-19H2,1-2H3. The van der Waals surface area contributed by atoms with E-state index >= 15 is 0 Å². The van der Waals surface area contributed by atoms with E-state index in [9.17, 15) is 4.79 Å². The minimum atomic E-state index is 0.0506. The van der Waals surface area contributed by atoms with Gasteiger partial charge in [0.1, 0.15) is 12.4 Å². The molecule has 2 aromatic carbocycles. The first-order valence-electron chi connectivity index (χ1n) is 11.9. The van der Waals surface area contributed by atoms with Gasteiger partial charge in [0.2, 0.25) is 0 Å². The summed E-state index contributed by atoms with van der Waals surface area (Å²) in [5.74, 6) is 1.46. The van der Waals surface area contributed by atoms with Gasteiger partial charge in [0.15, 0.2) is 0 Å². The highest BCUT2D eigenvalue weighted by Gasteiger charge is 2.24. The van der Waals surface area contributed by atoms with Crippen LogP contribution in [-0.4, -0.2) is 47.4 Å². The van der Waals surface area contributed by atoms with Gasteiger partial charge in [-0.15, -0.1) is 0 Å². The summed E-state index contributed by atoms with van der Waals surface area (Å²) in [4.78, 5) is 21.3. The lowest BCUT2D eigenvalue weighted by Crippen LogP contribution is -2.39. The number of likely N-dealkylation sites (tertiary alicyclic amines) is 1. The van der Waals surface area contributed by atoms with E-state index in [0.29, 0.717) is 18.1 Å².